The summed E-state index contributed by atoms with van der Waals surface area (Å²) in [5.74, 6) is -1.69. The molecule has 1 saturated carbocycles. The third kappa shape index (κ3) is 6.09. The van der Waals surface area contributed by atoms with Crippen molar-refractivity contribution < 1.29 is 31.2 Å². The molecule has 32 heavy (non-hydrogen) atoms. The first-order chi connectivity index (χ1) is 15.1. The van der Waals surface area contributed by atoms with Crippen molar-refractivity contribution in [3.05, 3.63) is 65.7 Å². The summed E-state index contributed by atoms with van der Waals surface area (Å²) in [4.78, 5) is 24.7. The largest absolute Gasteiger partial charge is 0.416 e. The summed E-state index contributed by atoms with van der Waals surface area (Å²) in [6.45, 7) is -0.427. The molecule has 10 heteroatoms. The van der Waals surface area contributed by atoms with Crippen LogP contribution in [0.15, 0.2) is 59.5 Å². The molecule has 0 radical (unpaired) electrons. The van der Waals surface area contributed by atoms with Gasteiger partial charge in [0.25, 0.3) is 5.91 Å². The molecule has 2 aromatic carbocycles. The number of carbonyl (C=O) groups is 2. The molecular formula is C22H23F3N2O4S. The van der Waals surface area contributed by atoms with Gasteiger partial charge in [0, 0.05) is 11.6 Å². The van der Waals surface area contributed by atoms with Crippen molar-refractivity contribution in [2.24, 2.45) is 5.92 Å². The van der Waals surface area contributed by atoms with Gasteiger partial charge in [0.05, 0.1) is 22.8 Å². The quantitative estimate of drug-likeness (QED) is 0.653. The highest BCUT2D eigenvalue weighted by Crippen LogP contribution is 2.30. The lowest BCUT2D eigenvalue weighted by molar-refractivity contribution is -0.137. The zero-order chi connectivity index (χ0) is 23.4. The van der Waals surface area contributed by atoms with Gasteiger partial charge >= 0.3 is 6.18 Å². The average Bonchev–Trinajstić information content (AvgIpc) is 3.17. The molecule has 0 bridgehead atoms. The Bertz CT molecular complexity index is 1070. The van der Waals surface area contributed by atoms with Gasteiger partial charge in [-0.15, -0.1) is 0 Å². The van der Waals surface area contributed by atoms with Crippen molar-refractivity contribution >= 4 is 21.7 Å². The molecule has 0 heterocycles. The van der Waals surface area contributed by atoms with Gasteiger partial charge in [-0.2, -0.15) is 13.2 Å². The minimum Gasteiger partial charge on any atom is -0.352 e. The molecule has 0 aliphatic heterocycles. The molecule has 0 aromatic heterocycles. The summed E-state index contributed by atoms with van der Waals surface area (Å²) < 4.78 is 63.7. The first-order valence-corrected chi connectivity index (χ1v) is 11.7. The number of carbonyl (C=O) groups excluding carboxylic acids is 2. The number of alkyl halides is 3. The lowest BCUT2D eigenvalue weighted by Gasteiger charge is -2.21. The van der Waals surface area contributed by atoms with Crippen LogP contribution in [0.5, 0.6) is 0 Å². The van der Waals surface area contributed by atoms with Gasteiger partial charge < -0.3 is 10.6 Å². The minimum atomic E-state index is -4.58. The van der Waals surface area contributed by atoms with E-state index in [0.717, 1.165) is 18.6 Å². The number of hydrogen-bond acceptors (Lipinski definition) is 4. The summed E-state index contributed by atoms with van der Waals surface area (Å²) in [5.41, 5.74) is -1.16. The van der Waals surface area contributed by atoms with E-state index in [1.165, 1.54) is 18.2 Å². The van der Waals surface area contributed by atoms with Crippen LogP contribution in [0.1, 0.15) is 35.2 Å². The van der Waals surface area contributed by atoms with Crippen molar-refractivity contribution in [3.63, 3.8) is 0 Å². The summed E-state index contributed by atoms with van der Waals surface area (Å²) in [7, 11) is -3.50. The Labute approximate surface area is 184 Å². The van der Waals surface area contributed by atoms with Crippen LogP contribution in [-0.2, 0) is 20.8 Å². The predicted molar refractivity (Wildman–Crippen MR) is 112 cm³/mol. The first-order valence-electron chi connectivity index (χ1n) is 10.1. The Hall–Kier alpha value is -2.88. The fourth-order valence-electron chi connectivity index (χ4n) is 3.79. The van der Waals surface area contributed by atoms with Crippen LogP contribution < -0.4 is 10.6 Å². The Morgan fingerprint density at radius 3 is 2.41 bits per heavy atom. The molecule has 2 amide bonds. The van der Waals surface area contributed by atoms with Gasteiger partial charge in [-0.25, -0.2) is 8.42 Å². The van der Waals surface area contributed by atoms with Gasteiger partial charge in [-0.1, -0.05) is 30.7 Å². The van der Waals surface area contributed by atoms with E-state index in [-0.39, 0.29) is 28.2 Å². The molecule has 2 N–H and O–H groups in total. The van der Waals surface area contributed by atoms with E-state index in [9.17, 15) is 31.2 Å². The summed E-state index contributed by atoms with van der Waals surface area (Å²) in [5, 5.41) is 5.05. The number of hydrogen-bond donors (Lipinski definition) is 2. The highest BCUT2D eigenvalue weighted by molar-refractivity contribution is 7.91. The summed E-state index contributed by atoms with van der Waals surface area (Å²) in [6.07, 6.45) is -2.56. The minimum absolute atomic E-state index is 0.0987. The maximum absolute atomic E-state index is 12.8. The van der Waals surface area contributed by atoms with E-state index in [1.54, 1.807) is 18.2 Å². The molecule has 6 nitrogen and oxygen atoms in total. The van der Waals surface area contributed by atoms with Crippen molar-refractivity contribution in [2.75, 3.05) is 12.3 Å². The maximum Gasteiger partial charge on any atom is 0.416 e. The van der Waals surface area contributed by atoms with Gasteiger partial charge in [0.15, 0.2) is 9.84 Å². The zero-order valence-corrected chi connectivity index (χ0v) is 17.9. The van der Waals surface area contributed by atoms with Crippen molar-refractivity contribution in [2.45, 2.75) is 36.4 Å². The van der Waals surface area contributed by atoms with Gasteiger partial charge in [0.2, 0.25) is 5.91 Å². The van der Waals surface area contributed by atoms with Crippen LogP contribution in [0.4, 0.5) is 13.2 Å². The van der Waals surface area contributed by atoms with E-state index in [2.05, 4.69) is 10.6 Å². The predicted octanol–water partition coefficient (Wildman–Crippen LogP) is 3.19. The zero-order valence-electron chi connectivity index (χ0n) is 17.1. The van der Waals surface area contributed by atoms with E-state index in [4.69, 9.17) is 0 Å². The van der Waals surface area contributed by atoms with Crippen molar-refractivity contribution in [1.82, 2.24) is 10.6 Å². The number of benzene rings is 2. The lowest BCUT2D eigenvalue weighted by atomic mass is 10.1. The Kier molecular flexibility index (Phi) is 7.22. The highest BCUT2D eigenvalue weighted by atomic mass is 32.2. The van der Waals surface area contributed by atoms with Crippen molar-refractivity contribution in [1.29, 1.82) is 0 Å². The van der Waals surface area contributed by atoms with Crippen LogP contribution in [-0.4, -0.2) is 38.6 Å². The molecule has 2 atom stereocenters. The highest BCUT2D eigenvalue weighted by Gasteiger charge is 2.33. The van der Waals surface area contributed by atoms with Crippen LogP contribution in [0.25, 0.3) is 0 Å². The molecule has 1 aliphatic rings. The van der Waals surface area contributed by atoms with Gasteiger partial charge in [-0.05, 0) is 49.1 Å². The van der Waals surface area contributed by atoms with E-state index in [1.807, 2.05) is 0 Å². The van der Waals surface area contributed by atoms with Crippen LogP contribution in [0.3, 0.4) is 0 Å². The van der Waals surface area contributed by atoms with Crippen LogP contribution >= 0.6 is 0 Å². The molecule has 0 saturated heterocycles. The number of halogens is 3. The third-order valence-corrected chi connectivity index (χ3v) is 7.26. The number of sulfone groups is 1. The topological polar surface area (TPSA) is 92.3 Å². The molecule has 172 valence electrons. The summed E-state index contributed by atoms with van der Waals surface area (Å²) in [6, 6.07) is 11.6. The van der Waals surface area contributed by atoms with E-state index >= 15 is 0 Å². The van der Waals surface area contributed by atoms with Gasteiger partial charge in [0.1, 0.15) is 0 Å². The second kappa shape index (κ2) is 9.72. The second-order valence-corrected chi connectivity index (χ2v) is 9.75. The van der Waals surface area contributed by atoms with Crippen LogP contribution in [0.2, 0.25) is 0 Å². The third-order valence-electron chi connectivity index (χ3n) is 5.40. The SMILES string of the molecule is O=C(CNC(=O)c1cccc(C(F)(F)F)c1)NC1CCCC1CS(=O)(=O)c1ccccc1. The maximum atomic E-state index is 12.8. The number of amides is 2. The molecule has 2 unspecified atom stereocenters. The molecule has 1 aliphatic carbocycles. The first kappa shape index (κ1) is 23.8. The molecule has 1 fully saturated rings. The lowest BCUT2D eigenvalue weighted by Crippen LogP contribution is -2.44. The van der Waals surface area contributed by atoms with Gasteiger partial charge in [-0.3, -0.25) is 9.59 Å². The fourth-order valence-corrected chi connectivity index (χ4v) is 5.52. The van der Waals surface area contributed by atoms with Crippen LogP contribution in [0, 0.1) is 5.92 Å². The number of nitrogens with one attached hydrogen (secondary N) is 2. The Morgan fingerprint density at radius 2 is 1.72 bits per heavy atom. The monoisotopic (exact) mass is 468 g/mol. The normalized spacial score (nSPS) is 18.8. The van der Waals surface area contributed by atoms with Crippen molar-refractivity contribution in [3.8, 4) is 0 Å². The molecule has 2 aromatic rings. The molecule has 0 spiro atoms. The molecular weight excluding hydrogens is 445 g/mol. The smallest absolute Gasteiger partial charge is 0.352 e. The fraction of sp³-hybridized carbons (Fsp3) is 0.364. The molecule has 3 rings (SSSR count). The number of rotatable bonds is 7. The standard InChI is InChI=1S/C22H23F3N2O4S/c23-22(24,25)17-8-4-6-15(12-17)21(29)26-13-20(28)27-19-11-5-7-16(19)14-32(30,31)18-9-2-1-3-10-18/h1-4,6,8-10,12,16,19H,5,7,11,13-14H2,(H,26,29)(H,27,28). The van der Waals surface area contributed by atoms with E-state index < -0.39 is 39.9 Å². The Balaban J connectivity index is 1.55. The van der Waals surface area contributed by atoms with E-state index in [0.29, 0.717) is 18.9 Å². The second-order valence-electron chi connectivity index (χ2n) is 7.72. The average molecular weight is 468 g/mol. The summed E-state index contributed by atoms with van der Waals surface area (Å²) >= 11 is 0. The Morgan fingerprint density at radius 1 is 1.00 bits per heavy atom.